The molecular weight excluding hydrogens is 152 g/mol. The summed E-state index contributed by atoms with van der Waals surface area (Å²) in [5, 5.41) is 3.90. The van der Waals surface area contributed by atoms with E-state index in [0.29, 0.717) is 11.8 Å². The molecule has 0 saturated heterocycles. The molecule has 1 atom stereocenters. The van der Waals surface area contributed by atoms with Gasteiger partial charge in [-0.1, -0.05) is 32.9 Å². The number of rotatable bonds is 1. The first-order valence-corrected chi connectivity index (χ1v) is 4.21. The molecule has 68 valence electrons. The lowest BCUT2D eigenvalue weighted by Gasteiger charge is -2.23. The fourth-order valence-electron chi connectivity index (χ4n) is 0.878. The number of aromatic nitrogens is 2. The Kier molecular flexibility index (Phi) is 2.22. The van der Waals surface area contributed by atoms with Crippen LogP contribution in [0.15, 0.2) is 4.52 Å². The van der Waals surface area contributed by atoms with Gasteiger partial charge in [-0.15, -0.1) is 0 Å². The van der Waals surface area contributed by atoms with Gasteiger partial charge in [0.15, 0.2) is 5.82 Å². The van der Waals surface area contributed by atoms with Crippen LogP contribution >= 0.6 is 0 Å². The van der Waals surface area contributed by atoms with Crippen molar-refractivity contribution >= 4 is 0 Å². The van der Waals surface area contributed by atoms with Gasteiger partial charge in [0, 0.05) is 12.8 Å². The second-order valence-electron chi connectivity index (χ2n) is 4.26. The van der Waals surface area contributed by atoms with Crippen LogP contribution in [-0.4, -0.2) is 10.1 Å². The van der Waals surface area contributed by atoms with Crippen LogP contribution in [-0.2, 0) is 0 Å². The van der Waals surface area contributed by atoms with Crippen LogP contribution in [0.3, 0.4) is 0 Å². The third-order valence-electron chi connectivity index (χ3n) is 2.23. The number of hydrogen-bond acceptors (Lipinski definition) is 3. The molecule has 0 aliphatic heterocycles. The molecule has 0 aliphatic carbocycles. The summed E-state index contributed by atoms with van der Waals surface area (Å²) in [7, 11) is 0. The molecule has 3 heteroatoms. The monoisotopic (exact) mass is 168 g/mol. The Labute approximate surface area is 73.2 Å². The van der Waals surface area contributed by atoms with E-state index in [9.17, 15) is 0 Å². The summed E-state index contributed by atoms with van der Waals surface area (Å²) in [5.41, 5.74) is 0.191. The Hall–Kier alpha value is -0.860. The van der Waals surface area contributed by atoms with E-state index >= 15 is 0 Å². The normalized spacial score (nSPS) is 14.8. The van der Waals surface area contributed by atoms with Crippen LogP contribution in [0.1, 0.15) is 45.3 Å². The highest BCUT2D eigenvalue weighted by Gasteiger charge is 2.25. The average Bonchev–Trinajstić information content (AvgIpc) is 2.32. The summed E-state index contributed by atoms with van der Waals surface area (Å²) in [5.74, 6) is 1.77. The van der Waals surface area contributed by atoms with Gasteiger partial charge in [-0.2, -0.15) is 4.98 Å². The molecule has 1 aromatic rings. The lowest BCUT2D eigenvalue weighted by atomic mass is 9.82. The predicted molar refractivity (Wildman–Crippen MR) is 46.9 cm³/mol. The van der Waals surface area contributed by atoms with Crippen LogP contribution in [0.25, 0.3) is 0 Å². The minimum Gasteiger partial charge on any atom is -0.340 e. The van der Waals surface area contributed by atoms with Gasteiger partial charge in [-0.25, -0.2) is 0 Å². The van der Waals surface area contributed by atoms with E-state index in [1.165, 1.54) is 0 Å². The van der Waals surface area contributed by atoms with Gasteiger partial charge >= 0.3 is 0 Å². The third-order valence-corrected chi connectivity index (χ3v) is 2.23. The van der Waals surface area contributed by atoms with Gasteiger partial charge in [-0.3, -0.25) is 0 Å². The molecule has 0 amide bonds. The molecule has 3 nitrogen and oxygen atoms in total. The first kappa shape index (κ1) is 9.23. The number of aryl methyl sites for hydroxylation is 1. The summed E-state index contributed by atoms with van der Waals surface area (Å²) >= 11 is 0. The molecule has 1 aromatic heterocycles. The van der Waals surface area contributed by atoms with E-state index in [2.05, 4.69) is 37.8 Å². The molecule has 0 unspecified atom stereocenters. The van der Waals surface area contributed by atoms with E-state index in [-0.39, 0.29) is 5.41 Å². The van der Waals surface area contributed by atoms with Crippen LogP contribution in [0.2, 0.25) is 0 Å². The van der Waals surface area contributed by atoms with Gasteiger partial charge in [0.25, 0.3) is 0 Å². The summed E-state index contributed by atoms with van der Waals surface area (Å²) in [6.07, 6.45) is 0. The van der Waals surface area contributed by atoms with Gasteiger partial charge < -0.3 is 4.52 Å². The molecule has 12 heavy (non-hydrogen) atoms. The van der Waals surface area contributed by atoms with Gasteiger partial charge in [0.1, 0.15) is 0 Å². The van der Waals surface area contributed by atoms with Crippen LogP contribution in [0.4, 0.5) is 0 Å². The van der Waals surface area contributed by atoms with Crippen molar-refractivity contribution in [3.8, 4) is 0 Å². The largest absolute Gasteiger partial charge is 0.340 e. The maximum atomic E-state index is 4.92. The summed E-state index contributed by atoms with van der Waals surface area (Å²) in [4.78, 5) is 4.20. The lowest BCUT2D eigenvalue weighted by molar-refractivity contribution is 0.312. The van der Waals surface area contributed by atoms with E-state index in [1.807, 2.05) is 6.92 Å². The molecule has 1 rings (SSSR count). The van der Waals surface area contributed by atoms with Crippen molar-refractivity contribution in [2.45, 2.75) is 40.5 Å². The Morgan fingerprint density at radius 3 is 2.25 bits per heavy atom. The number of hydrogen-bond donors (Lipinski definition) is 0. The van der Waals surface area contributed by atoms with Crippen molar-refractivity contribution in [2.75, 3.05) is 0 Å². The first-order valence-electron chi connectivity index (χ1n) is 4.21. The van der Waals surface area contributed by atoms with Crippen molar-refractivity contribution in [1.29, 1.82) is 0 Å². The SMILES string of the molecule is Cc1nc([C@@H](C)C(C)(C)C)no1. The van der Waals surface area contributed by atoms with E-state index < -0.39 is 0 Å². The number of nitrogens with zero attached hydrogens (tertiary/aromatic N) is 2. The molecule has 0 N–H and O–H groups in total. The van der Waals surface area contributed by atoms with Gasteiger partial charge in [0.05, 0.1) is 0 Å². The Morgan fingerprint density at radius 2 is 1.92 bits per heavy atom. The zero-order valence-corrected chi connectivity index (χ0v) is 8.38. The average molecular weight is 168 g/mol. The van der Waals surface area contributed by atoms with Crippen LogP contribution in [0.5, 0.6) is 0 Å². The molecule has 1 heterocycles. The van der Waals surface area contributed by atoms with Crippen molar-refractivity contribution in [2.24, 2.45) is 5.41 Å². The maximum absolute atomic E-state index is 4.92. The molecule has 0 fully saturated rings. The van der Waals surface area contributed by atoms with Gasteiger partial charge in [0.2, 0.25) is 5.89 Å². The summed E-state index contributed by atoms with van der Waals surface area (Å²) in [6, 6.07) is 0. The Morgan fingerprint density at radius 1 is 1.33 bits per heavy atom. The lowest BCUT2D eigenvalue weighted by Crippen LogP contribution is -2.16. The molecule has 0 bridgehead atoms. The minimum atomic E-state index is 0.191. The van der Waals surface area contributed by atoms with Crippen molar-refractivity contribution in [3.63, 3.8) is 0 Å². The summed E-state index contributed by atoms with van der Waals surface area (Å²) in [6.45, 7) is 10.4. The zero-order chi connectivity index (χ0) is 9.35. The van der Waals surface area contributed by atoms with E-state index in [1.54, 1.807) is 0 Å². The van der Waals surface area contributed by atoms with Crippen molar-refractivity contribution in [3.05, 3.63) is 11.7 Å². The smallest absolute Gasteiger partial charge is 0.223 e. The fraction of sp³-hybridized carbons (Fsp3) is 0.778. The van der Waals surface area contributed by atoms with Crippen LogP contribution < -0.4 is 0 Å². The van der Waals surface area contributed by atoms with Crippen molar-refractivity contribution in [1.82, 2.24) is 10.1 Å². The summed E-state index contributed by atoms with van der Waals surface area (Å²) < 4.78 is 4.92. The fourth-order valence-corrected chi connectivity index (χ4v) is 0.878. The second kappa shape index (κ2) is 2.88. The van der Waals surface area contributed by atoms with Crippen molar-refractivity contribution < 1.29 is 4.52 Å². The van der Waals surface area contributed by atoms with Gasteiger partial charge in [-0.05, 0) is 5.41 Å². The van der Waals surface area contributed by atoms with Crippen LogP contribution in [0, 0.1) is 12.3 Å². The molecule has 0 saturated carbocycles. The molecule has 0 aliphatic rings. The molecule has 0 spiro atoms. The van der Waals surface area contributed by atoms with E-state index in [0.717, 1.165) is 5.82 Å². The standard InChI is InChI=1S/C9H16N2O/c1-6(9(3,4)5)8-10-7(2)12-11-8/h6H,1-5H3/t6-/m1/s1. The highest BCUT2D eigenvalue weighted by atomic mass is 16.5. The first-order chi connectivity index (χ1) is 5.41. The quantitative estimate of drug-likeness (QED) is 0.646. The maximum Gasteiger partial charge on any atom is 0.223 e. The van der Waals surface area contributed by atoms with E-state index in [4.69, 9.17) is 4.52 Å². The highest BCUT2D eigenvalue weighted by molar-refractivity contribution is 4.97. The molecule has 0 aromatic carbocycles. The second-order valence-corrected chi connectivity index (χ2v) is 4.26. The Balaban J connectivity index is 2.85. The molecular formula is C9H16N2O. The Bertz CT molecular complexity index is 260. The third kappa shape index (κ3) is 1.84. The zero-order valence-electron chi connectivity index (χ0n) is 8.38. The topological polar surface area (TPSA) is 38.9 Å². The molecule has 0 radical (unpaired) electrons. The highest BCUT2D eigenvalue weighted by Crippen LogP contribution is 2.32. The predicted octanol–water partition coefficient (Wildman–Crippen LogP) is 2.53. The minimum absolute atomic E-state index is 0.191.